The Morgan fingerprint density at radius 3 is 2.65 bits per heavy atom. The van der Waals surface area contributed by atoms with Crippen LogP contribution >= 0.6 is 0 Å². The van der Waals surface area contributed by atoms with Crippen molar-refractivity contribution in [2.75, 3.05) is 43.4 Å². The monoisotopic (exact) mass is 299 g/mol. The molecule has 0 atom stereocenters. The Morgan fingerprint density at radius 1 is 1.35 bits per heavy atom. The summed E-state index contributed by atoms with van der Waals surface area (Å²) in [6, 6.07) is 1.86. The number of nitrogens with two attached hydrogens (primary N) is 1. The van der Waals surface area contributed by atoms with Crippen LogP contribution in [0.2, 0.25) is 0 Å². The van der Waals surface area contributed by atoms with E-state index >= 15 is 0 Å². The normalized spacial score (nSPS) is 17.4. The topological polar surface area (TPSA) is 91.6 Å². The number of anilines is 2. The molecule has 0 saturated carbocycles. The molecule has 0 spiro atoms. The van der Waals surface area contributed by atoms with E-state index in [1.165, 1.54) is 4.31 Å². The predicted molar refractivity (Wildman–Crippen MR) is 79.6 cm³/mol. The lowest BCUT2D eigenvalue weighted by atomic mass is 10.2. The van der Waals surface area contributed by atoms with Gasteiger partial charge >= 0.3 is 0 Å². The highest BCUT2D eigenvalue weighted by Crippen LogP contribution is 2.22. The number of nitrogens with one attached hydrogen (secondary N) is 1. The second kappa shape index (κ2) is 6.38. The van der Waals surface area contributed by atoms with E-state index in [4.69, 9.17) is 5.73 Å². The Morgan fingerprint density at radius 2 is 2.05 bits per heavy atom. The number of pyridine rings is 1. The number of hydrogen-bond donors (Lipinski definition) is 2. The number of nitrogen functional groups attached to an aromatic ring is 1. The molecule has 2 rings (SSSR count). The SMILES string of the molecule is CCCNS(=O)(=O)N1CCN(c2ccncc2N)CC1. The van der Waals surface area contributed by atoms with Gasteiger partial charge in [0.2, 0.25) is 0 Å². The molecule has 1 aromatic heterocycles. The average Bonchev–Trinajstić information content (AvgIpc) is 2.46. The molecule has 2 heterocycles. The summed E-state index contributed by atoms with van der Waals surface area (Å²) in [4.78, 5) is 6.05. The zero-order chi connectivity index (χ0) is 14.6. The summed E-state index contributed by atoms with van der Waals surface area (Å²) in [5.41, 5.74) is 7.42. The van der Waals surface area contributed by atoms with Gasteiger partial charge < -0.3 is 10.6 Å². The van der Waals surface area contributed by atoms with Crippen LogP contribution in [0.15, 0.2) is 18.5 Å². The molecule has 0 aromatic carbocycles. The molecule has 20 heavy (non-hydrogen) atoms. The van der Waals surface area contributed by atoms with Crippen LogP contribution in [-0.4, -0.2) is 50.4 Å². The Hall–Kier alpha value is -1.38. The lowest BCUT2D eigenvalue weighted by Crippen LogP contribution is -2.52. The first-order valence-corrected chi connectivity index (χ1v) is 8.18. The van der Waals surface area contributed by atoms with Crippen LogP contribution in [0.3, 0.4) is 0 Å². The van der Waals surface area contributed by atoms with Crippen molar-refractivity contribution in [3.05, 3.63) is 18.5 Å². The summed E-state index contributed by atoms with van der Waals surface area (Å²) in [5.74, 6) is 0. The zero-order valence-electron chi connectivity index (χ0n) is 11.6. The minimum Gasteiger partial charge on any atom is -0.396 e. The Labute approximate surface area is 120 Å². The molecular formula is C12H21N5O2S. The number of rotatable bonds is 5. The van der Waals surface area contributed by atoms with Gasteiger partial charge in [-0.15, -0.1) is 0 Å². The van der Waals surface area contributed by atoms with Gasteiger partial charge in [0.1, 0.15) is 0 Å². The van der Waals surface area contributed by atoms with Crippen LogP contribution in [0.25, 0.3) is 0 Å². The molecule has 3 N–H and O–H groups in total. The molecule has 0 aliphatic carbocycles. The highest BCUT2D eigenvalue weighted by molar-refractivity contribution is 7.87. The van der Waals surface area contributed by atoms with E-state index in [1.54, 1.807) is 12.4 Å². The van der Waals surface area contributed by atoms with Gasteiger partial charge in [-0.3, -0.25) is 4.98 Å². The van der Waals surface area contributed by atoms with Crippen molar-refractivity contribution in [1.29, 1.82) is 0 Å². The fraction of sp³-hybridized carbons (Fsp3) is 0.583. The molecule has 1 fully saturated rings. The quantitative estimate of drug-likeness (QED) is 0.800. The molecular weight excluding hydrogens is 278 g/mol. The summed E-state index contributed by atoms with van der Waals surface area (Å²) in [7, 11) is -3.35. The highest BCUT2D eigenvalue weighted by Gasteiger charge is 2.26. The van der Waals surface area contributed by atoms with Gasteiger partial charge in [0.25, 0.3) is 10.2 Å². The minimum atomic E-state index is -3.35. The second-order valence-electron chi connectivity index (χ2n) is 4.72. The Balaban J connectivity index is 1.98. The van der Waals surface area contributed by atoms with Crippen molar-refractivity contribution in [2.45, 2.75) is 13.3 Å². The maximum atomic E-state index is 12.0. The molecule has 0 radical (unpaired) electrons. The molecule has 0 bridgehead atoms. The van der Waals surface area contributed by atoms with Gasteiger partial charge in [0.15, 0.2) is 0 Å². The number of aromatic nitrogens is 1. The van der Waals surface area contributed by atoms with Crippen LogP contribution in [0.4, 0.5) is 11.4 Å². The van der Waals surface area contributed by atoms with Gasteiger partial charge in [0, 0.05) is 38.9 Å². The predicted octanol–water partition coefficient (Wildman–Crippen LogP) is 0.0302. The minimum absolute atomic E-state index is 0.459. The first-order valence-electron chi connectivity index (χ1n) is 6.73. The third-order valence-electron chi connectivity index (χ3n) is 3.28. The van der Waals surface area contributed by atoms with Gasteiger partial charge in [-0.05, 0) is 12.5 Å². The number of hydrogen-bond acceptors (Lipinski definition) is 5. The summed E-state index contributed by atoms with van der Waals surface area (Å²) >= 11 is 0. The fourth-order valence-corrected chi connectivity index (χ4v) is 3.47. The summed E-state index contributed by atoms with van der Waals surface area (Å²) in [6.45, 7) is 4.58. The molecule has 0 amide bonds. The van der Waals surface area contributed by atoms with Crippen molar-refractivity contribution < 1.29 is 8.42 Å². The second-order valence-corrected chi connectivity index (χ2v) is 6.48. The maximum Gasteiger partial charge on any atom is 0.279 e. The van der Waals surface area contributed by atoms with E-state index in [2.05, 4.69) is 14.6 Å². The smallest absolute Gasteiger partial charge is 0.279 e. The van der Waals surface area contributed by atoms with E-state index in [1.807, 2.05) is 13.0 Å². The lowest BCUT2D eigenvalue weighted by molar-refractivity contribution is 0.378. The third-order valence-corrected chi connectivity index (χ3v) is 4.90. The molecule has 8 heteroatoms. The van der Waals surface area contributed by atoms with Crippen LogP contribution in [0.1, 0.15) is 13.3 Å². The van der Waals surface area contributed by atoms with E-state index < -0.39 is 10.2 Å². The lowest BCUT2D eigenvalue weighted by Gasteiger charge is -2.35. The van der Waals surface area contributed by atoms with Gasteiger partial charge in [0.05, 0.1) is 17.6 Å². The van der Waals surface area contributed by atoms with Gasteiger partial charge in [-0.1, -0.05) is 6.92 Å². The summed E-state index contributed by atoms with van der Waals surface area (Å²) in [5, 5.41) is 0. The first kappa shape index (κ1) is 15.0. The third kappa shape index (κ3) is 3.38. The standard InChI is InChI=1S/C12H21N5O2S/c1-2-4-15-20(18,19)17-8-6-16(7-9-17)12-3-5-14-10-11(12)13/h3,5,10,15H,2,4,6-9,13H2,1H3. The van der Waals surface area contributed by atoms with Crippen molar-refractivity contribution in [3.63, 3.8) is 0 Å². The molecule has 1 aromatic rings. The van der Waals surface area contributed by atoms with E-state index in [0.29, 0.717) is 38.4 Å². The van der Waals surface area contributed by atoms with Crippen LogP contribution < -0.4 is 15.4 Å². The van der Waals surface area contributed by atoms with Crippen LogP contribution in [0.5, 0.6) is 0 Å². The molecule has 1 aliphatic heterocycles. The van der Waals surface area contributed by atoms with Crippen molar-refractivity contribution in [1.82, 2.24) is 14.0 Å². The van der Waals surface area contributed by atoms with E-state index in [9.17, 15) is 8.42 Å². The summed E-state index contributed by atoms with van der Waals surface area (Å²) in [6.07, 6.45) is 4.09. The average molecular weight is 299 g/mol. The Kier molecular flexibility index (Phi) is 4.79. The maximum absolute atomic E-state index is 12.0. The van der Waals surface area contributed by atoms with Crippen molar-refractivity contribution in [2.24, 2.45) is 0 Å². The van der Waals surface area contributed by atoms with E-state index in [0.717, 1.165) is 12.1 Å². The fourth-order valence-electron chi connectivity index (χ4n) is 2.18. The van der Waals surface area contributed by atoms with Gasteiger partial charge in [-0.25, -0.2) is 4.72 Å². The van der Waals surface area contributed by atoms with Gasteiger partial charge in [-0.2, -0.15) is 12.7 Å². The van der Waals surface area contributed by atoms with Crippen molar-refractivity contribution >= 4 is 21.6 Å². The van der Waals surface area contributed by atoms with Crippen molar-refractivity contribution in [3.8, 4) is 0 Å². The largest absolute Gasteiger partial charge is 0.396 e. The molecule has 112 valence electrons. The van der Waals surface area contributed by atoms with Crippen LogP contribution in [-0.2, 0) is 10.2 Å². The first-order chi connectivity index (χ1) is 9.54. The Bertz CT molecular complexity index is 541. The molecule has 1 aliphatic rings. The molecule has 0 unspecified atom stereocenters. The number of piperazine rings is 1. The van der Waals surface area contributed by atoms with Crippen LogP contribution in [0, 0.1) is 0 Å². The van der Waals surface area contributed by atoms with E-state index in [-0.39, 0.29) is 0 Å². The number of nitrogens with zero attached hydrogens (tertiary/aromatic N) is 3. The molecule has 1 saturated heterocycles. The molecule has 7 nitrogen and oxygen atoms in total. The zero-order valence-corrected chi connectivity index (χ0v) is 12.4. The highest BCUT2D eigenvalue weighted by atomic mass is 32.2. The summed E-state index contributed by atoms with van der Waals surface area (Å²) < 4.78 is 28.1.